The van der Waals surface area contributed by atoms with E-state index in [1.54, 1.807) is 0 Å². The molecule has 0 saturated carbocycles. The van der Waals surface area contributed by atoms with E-state index in [1.165, 1.54) is 12.1 Å². The van der Waals surface area contributed by atoms with Crippen LogP contribution in [0.1, 0.15) is 20.3 Å². The lowest BCUT2D eigenvalue weighted by Crippen LogP contribution is -2.39. The first-order valence-electron chi connectivity index (χ1n) is 5.76. The largest absolute Gasteiger partial charge is 0.397 e. The number of para-hydroxylation sites is 2. The summed E-state index contributed by atoms with van der Waals surface area (Å²) in [4.78, 5) is 2.42. The summed E-state index contributed by atoms with van der Waals surface area (Å²) < 4.78 is 0. The Bertz CT molecular complexity index is 325. The van der Waals surface area contributed by atoms with Gasteiger partial charge in [0.1, 0.15) is 0 Å². The van der Waals surface area contributed by atoms with E-state index < -0.39 is 0 Å². The van der Waals surface area contributed by atoms with E-state index in [9.17, 15) is 0 Å². The van der Waals surface area contributed by atoms with E-state index in [0.717, 1.165) is 30.6 Å². The second-order valence-electron chi connectivity index (χ2n) is 4.91. The van der Waals surface area contributed by atoms with E-state index in [4.69, 9.17) is 5.73 Å². The topological polar surface area (TPSA) is 29.3 Å². The molecule has 1 aliphatic heterocycles. The van der Waals surface area contributed by atoms with Crippen molar-refractivity contribution in [2.45, 2.75) is 20.3 Å². The summed E-state index contributed by atoms with van der Waals surface area (Å²) in [6, 6.07) is 8.17. The molecule has 1 heterocycles. The van der Waals surface area contributed by atoms with Crippen molar-refractivity contribution in [1.29, 1.82) is 0 Å². The molecule has 0 bridgehead atoms. The van der Waals surface area contributed by atoms with Gasteiger partial charge in [0.25, 0.3) is 0 Å². The number of hydrogen-bond donors (Lipinski definition) is 1. The van der Waals surface area contributed by atoms with Gasteiger partial charge in [-0.15, -0.1) is 0 Å². The fourth-order valence-corrected chi connectivity index (χ4v) is 2.64. The molecule has 0 aromatic heterocycles. The third-order valence-electron chi connectivity index (χ3n) is 3.15. The average molecular weight is 204 g/mol. The maximum Gasteiger partial charge on any atom is 0.0600 e. The maximum absolute atomic E-state index is 6.00. The number of benzene rings is 1. The lowest BCUT2D eigenvalue weighted by molar-refractivity contribution is 0.357. The molecule has 2 atom stereocenters. The Morgan fingerprint density at radius 1 is 1.13 bits per heavy atom. The van der Waals surface area contributed by atoms with Crippen molar-refractivity contribution in [1.82, 2.24) is 0 Å². The number of nitrogen functional groups attached to an aromatic ring is 1. The van der Waals surface area contributed by atoms with Crippen LogP contribution in [0.4, 0.5) is 11.4 Å². The zero-order valence-electron chi connectivity index (χ0n) is 9.61. The van der Waals surface area contributed by atoms with Gasteiger partial charge in [0, 0.05) is 13.1 Å². The van der Waals surface area contributed by atoms with Crippen LogP contribution in [0.2, 0.25) is 0 Å². The first kappa shape index (κ1) is 10.3. The minimum absolute atomic E-state index is 0.772. The number of nitrogens with two attached hydrogens (primary N) is 1. The van der Waals surface area contributed by atoms with Crippen molar-refractivity contribution < 1.29 is 0 Å². The van der Waals surface area contributed by atoms with Gasteiger partial charge in [-0.05, 0) is 30.4 Å². The van der Waals surface area contributed by atoms with Gasteiger partial charge < -0.3 is 10.6 Å². The minimum Gasteiger partial charge on any atom is -0.397 e. The molecule has 0 radical (unpaired) electrons. The minimum atomic E-state index is 0.772. The number of anilines is 2. The van der Waals surface area contributed by atoms with Crippen LogP contribution in [0.5, 0.6) is 0 Å². The van der Waals surface area contributed by atoms with Crippen molar-refractivity contribution >= 4 is 11.4 Å². The van der Waals surface area contributed by atoms with Crippen molar-refractivity contribution in [3.63, 3.8) is 0 Å². The Morgan fingerprint density at radius 2 is 1.73 bits per heavy atom. The first-order chi connectivity index (χ1) is 7.16. The van der Waals surface area contributed by atoms with Crippen molar-refractivity contribution in [3.05, 3.63) is 24.3 Å². The number of rotatable bonds is 1. The quantitative estimate of drug-likeness (QED) is 0.713. The molecule has 1 aromatic rings. The van der Waals surface area contributed by atoms with E-state index in [0.29, 0.717) is 0 Å². The summed E-state index contributed by atoms with van der Waals surface area (Å²) in [5.74, 6) is 1.54. The highest BCUT2D eigenvalue weighted by Crippen LogP contribution is 2.29. The van der Waals surface area contributed by atoms with Crippen LogP contribution in [0.25, 0.3) is 0 Å². The van der Waals surface area contributed by atoms with Gasteiger partial charge in [0.05, 0.1) is 11.4 Å². The lowest BCUT2D eigenvalue weighted by Gasteiger charge is -2.37. The molecule has 0 aliphatic carbocycles. The molecule has 1 saturated heterocycles. The van der Waals surface area contributed by atoms with Crippen LogP contribution >= 0.6 is 0 Å². The van der Waals surface area contributed by atoms with Gasteiger partial charge in [-0.25, -0.2) is 0 Å². The zero-order chi connectivity index (χ0) is 10.8. The highest BCUT2D eigenvalue weighted by Gasteiger charge is 2.22. The van der Waals surface area contributed by atoms with Gasteiger partial charge in [-0.2, -0.15) is 0 Å². The molecule has 0 unspecified atom stereocenters. The molecule has 2 N–H and O–H groups in total. The Balaban J connectivity index is 2.20. The normalized spacial score (nSPS) is 26.7. The Hall–Kier alpha value is -1.18. The van der Waals surface area contributed by atoms with E-state index in [-0.39, 0.29) is 0 Å². The monoisotopic (exact) mass is 204 g/mol. The van der Waals surface area contributed by atoms with E-state index in [2.05, 4.69) is 30.9 Å². The van der Waals surface area contributed by atoms with Crippen LogP contribution in [0.3, 0.4) is 0 Å². The standard InChI is InChI=1S/C13H20N2/c1-10-7-11(2)9-15(8-10)13-6-4-3-5-12(13)14/h3-6,10-11H,7-9,14H2,1-2H3/t10-,11-/m0/s1. The van der Waals surface area contributed by atoms with Crippen molar-refractivity contribution in [2.24, 2.45) is 11.8 Å². The van der Waals surface area contributed by atoms with Gasteiger partial charge in [-0.3, -0.25) is 0 Å². The molecule has 1 fully saturated rings. The van der Waals surface area contributed by atoms with E-state index >= 15 is 0 Å². The van der Waals surface area contributed by atoms with Gasteiger partial charge in [-0.1, -0.05) is 26.0 Å². The van der Waals surface area contributed by atoms with Crippen LogP contribution in [0.15, 0.2) is 24.3 Å². The zero-order valence-corrected chi connectivity index (χ0v) is 9.61. The molecule has 2 heteroatoms. The molecule has 15 heavy (non-hydrogen) atoms. The van der Waals surface area contributed by atoms with E-state index in [1.807, 2.05) is 12.1 Å². The second-order valence-corrected chi connectivity index (χ2v) is 4.91. The number of piperidine rings is 1. The van der Waals surface area contributed by atoms with Crippen LogP contribution in [-0.4, -0.2) is 13.1 Å². The molecule has 2 rings (SSSR count). The SMILES string of the molecule is C[C@H]1C[C@H](C)CN(c2ccccc2N)C1. The molecule has 0 amide bonds. The van der Waals surface area contributed by atoms with Crippen LogP contribution in [-0.2, 0) is 0 Å². The third-order valence-corrected chi connectivity index (χ3v) is 3.15. The smallest absolute Gasteiger partial charge is 0.0600 e. The molecule has 1 aromatic carbocycles. The molecular weight excluding hydrogens is 184 g/mol. The Kier molecular flexibility index (Phi) is 2.85. The fraction of sp³-hybridized carbons (Fsp3) is 0.538. The molecule has 1 aliphatic rings. The second kappa shape index (κ2) is 4.13. The van der Waals surface area contributed by atoms with Crippen molar-refractivity contribution in [3.8, 4) is 0 Å². The van der Waals surface area contributed by atoms with Crippen LogP contribution < -0.4 is 10.6 Å². The Morgan fingerprint density at radius 3 is 2.33 bits per heavy atom. The first-order valence-corrected chi connectivity index (χ1v) is 5.76. The highest BCUT2D eigenvalue weighted by molar-refractivity contribution is 5.67. The summed E-state index contributed by atoms with van der Waals surface area (Å²) in [6.07, 6.45) is 1.34. The summed E-state index contributed by atoms with van der Waals surface area (Å²) in [6.45, 7) is 6.92. The number of nitrogens with zero attached hydrogens (tertiary/aromatic N) is 1. The van der Waals surface area contributed by atoms with Crippen molar-refractivity contribution in [2.75, 3.05) is 23.7 Å². The maximum atomic E-state index is 6.00. The summed E-state index contributed by atoms with van der Waals surface area (Å²) in [5.41, 5.74) is 8.11. The lowest BCUT2D eigenvalue weighted by atomic mass is 9.91. The van der Waals surface area contributed by atoms with Gasteiger partial charge in [0.2, 0.25) is 0 Å². The highest BCUT2D eigenvalue weighted by atomic mass is 15.1. The summed E-state index contributed by atoms with van der Waals surface area (Å²) in [5, 5.41) is 0. The molecule has 2 nitrogen and oxygen atoms in total. The molecule has 82 valence electrons. The predicted octanol–water partition coefficient (Wildman–Crippen LogP) is 2.75. The fourth-order valence-electron chi connectivity index (χ4n) is 2.64. The predicted molar refractivity (Wildman–Crippen MR) is 66.0 cm³/mol. The van der Waals surface area contributed by atoms with Crippen LogP contribution in [0, 0.1) is 11.8 Å². The van der Waals surface area contributed by atoms with Gasteiger partial charge in [0.15, 0.2) is 0 Å². The molecular formula is C13H20N2. The molecule has 0 spiro atoms. The van der Waals surface area contributed by atoms with Gasteiger partial charge >= 0.3 is 0 Å². The summed E-state index contributed by atoms with van der Waals surface area (Å²) >= 11 is 0. The third kappa shape index (κ3) is 2.25. The average Bonchev–Trinajstić information content (AvgIpc) is 2.16. The Labute approximate surface area is 92.1 Å². The number of hydrogen-bond acceptors (Lipinski definition) is 2. The summed E-state index contributed by atoms with van der Waals surface area (Å²) in [7, 11) is 0.